The first-order valence-electron chi connectivity index (χ1n) is 5.77. The third-order valence-corrected chi connectivity index (χ3v) is 3.84. The van der Waals surface area contributed by atoms with Gasteiger partial charge in [0, 0.05) is 25.6 Å². The van der Waals surface area contributed by atoms with Gasteiger partial charge in [-0.2, -0.15) is 0 Å². The van der Waals surface area contributed by atoms with E-state index in [0.29, 0.717) is 5.92 Å². The first-order chi connectivity index (χ1) is 6.70. The maximum atomic E-state index is 9.76. The highest BCUT2D eigenvalue weighted by Crippen LogP contribution is 2.38. The monoisotopic (exact) mass is 195 g/mol. The molecule has 3 atom stereocenters. The van der Waals surface area contributed by atoms with Crippen LogP contribution in [0.25, 0.3) is 0 Å². The van der Waals surface area contributed by atoms with Gasteiger partial charge in [-0.3, -0.25) is 4.90 Å². The summed E-state index contributed by atoms with van der Waals surface area (Å²) in [6.07, 6.45) is 3.30. The summed E-state index contributed by atoms with van der Waals surface area (Å²) in [6, 6.07) is 0. The van der Waals surface area contributed by atoms with Crippen LogP contribution >= 0.6 is 0 Å². The number of hydrogen-bond acceptors (Lipinski definition) is 2. The predicted molar refractivity (Wildman–Crippen MR) is 58.1 cm³/mol. The lowest BCUT2D eigenvalue weighted by atomic mass is 10.00. The van der Waals surface area contributed by atoms with E-state index in [2.05, 4.69) is 18.4 Å². The SMILES string of the molecule is C=C(CC)CN1CC2CCC(O)C2C1. The molecule has 1 N–H and O–H groups in total. The zero-order chi connectivity index (χ0) is 10.1. The van der Waals surface area contributed by atoms with Gasteiger partial charge in [0.15, 0.2) is 0 Å². The van der Waals surface area contributed by atoms with E-state index < -0.39 is 0 Å². The summed E-state index contributed by atoms with van der Waals surface area (Å²) >= 11 is 0. The predicted octanol–water partition coefficient (Wildman–Crippen LogP) is 1.66. The molecule has 0 radical (unpaired) electrons. The number of aliphatic hydroxyl groups is 1. The van der Waals surface area contributed by atoms with Gasteiger partial charge in [0.05, 0.1) is 6.10 Å². The fraction of sp³-hybridized carbons (Fsp3) is 0.833. The lowest BCUT2D eigenvalue weighted by molar-refractivity contribution is 0.125. The fourth-order valence-corrected chi connectivity index (χ4v) is 2.89. The van der Waals surface area contributed by atoms with Crippen LogP contribution < -0.4 is 0 Å². The Labute approximate surface area is 86.6 Å². The number of hydrogen-bond donors (Lipinski definition) is 1. The van der Waals surface area contributed by atoms with Crippen LogP contribution in [0.15, 0.2) is 12.2 Å². The minimum absolute atomic E-state index is 0.0279. The van der Waals surface area contributed by atoms with Gasteiger partial charge in [0.25, 0.3) is 0 Å². The smallest absolute Gasteiger partial charge is 0.0583 e. The molecule has 0 bridgehead atoms. The zero-order valence-electron chi connectivity index (χ0n) is 9.08. The molecule has 2 rings (SSSR count). The molecule has 1 saturated heterocycles. The Bertz CT molecular complexity index is 226. The number of nitrogens with zero attached hydrogens (tertiary/aromatic N) is 1. The first kappa shape index (κ1) is 10.2. The Hall–Kier alpha value is -0.340. The third kappa shape index (κ3) is 1.86. The molecule has 1 saturated carbocycles. The molecule has 1 aliphatic carbocycles. The quantitative estimate of drug-likeness (QED) is 0.692. The highest BCUT2D eigenvalue weighted by Gasteiger charge is 2.41. The van der Waals surface area contributed by atoms with Gasteiger partial charge in [-0.15, -0.1) is 0 Å². The summed E-state index contributed by atoms with van der Waals surface area (Å²) in [4.78, 5) is 2.46. The molecule has 2 aliphatic rings. The van der Waals surface area contributed by atoms with Gasteiger partial charge in [-0.1, -0.05) is 19.1 Å². The van der Waals surface area contributed by atoms with E-state index in [1.165, 1.54) is 18.5 Å². The van der Waals surface area contributed by atoms with Crippen molar-refractivity contribution in [2.75, 3.05) is 19.6 Å². The molecule has 2 nitrogen and oxygen atoms in total. The van der Waals surface area contributed by atoms with Crippen LogP contribution in [0, 0.1) is 11.8 Å². The number of rotatable bonds is 3. The molecule has 1 heterocycles. The summed E-state index contributed by atoms with van der Waals surface area (Å²) < 4.78 is 0. The molecule has 2 heteroatoms. The molecular weight excluding hydrogens is 174 g/mol. The minimum atomic E-state index is -0.0279. The fourth-order valence-electron chi connectivity index (χ4n) is 2.89. The van der Waals surface area contributed by atoms with E-state index >= 15 is 0 Å². The maximum absolute atomic E-state index is 9.76. The minimum Gasteiger partial charge on any atom is -0.393 e. The average molecular weight is 195 g/mol. The van der Waals surface area contributed by atoms with Crippen molar-refractivity contribution < 1.29 is 5.11 Å². The van der Waals surface area contributed by atoms with Crippen LogP contribution in [0.5, 0.6) is 0 Å². The van der Waals surface area contributed by atoms with Gasteiger partial charge in [-0.25, -0.2) is 0 Å². The Kier molecular flexibility index (Phi) is 2.93. The van der Waals surface area contributed by atoms with E-state index in [4.69, 9.17) is 0 Å². The van der Waals surface area contributed by atoms with E-state index in [9.17, 15) is 5.11 Å². The lowest BCUT2D eigenvalue weighted by Crippen LogP contribution is -2.26. The van der Waals surface area contributed by atoms with Crippen LogP contribution in [-0.2, 0) is 0 Å². The topological polar surface area (TPSA) is 23.5 Å². The molecule has 3 unspecified atom stereocenters. The molecule has 0 amide bonds. The maximum Gasteiger partial charge on any atom is 0.0583 e. The summed E-state index contributed by atoms with van der Waals surface area (Å²) in [5.74, 6) is 1.31. The van der Waals surface area contributed by atoms with E-state index in [0.717, 1.165) is 31.8 Å². The molecular formula is C12H21NO. The molecule has 0 aromatic carbocycles. The molecule has 80 valence electrons. The van der Waals surface area contributed by atoms with E-state index in [1.807, 2.05) is 0 Å². The van der Waals surface area contributed by atoms with Crippen molar-refractivity contribution in [2.45, 2.75) is 32.3 Å². The lowest BCUT2D eigenvalue weighted by Gasteiger charge is -2.18. The first-order valence-corrected chi connectivity index (χ1v) is 5.77. The summed E-state index contributed by atoms with van der Waals surface area (Å²) in [6.45, 7) is 9.51. The van der Waals surface area contributed by atoms with Gasteiger partial charge >= 0.3 is 0 Å². The Morgan fingerprint density at radius 2 is 2.21 bits per heavy atom. The van der Waals surface area contributed by atoms with Crippen LogP contribution in [0.1, 0.15) is 26.2 Å². The van der Waals surface area contributed by atoms with Crippen molar-refractivity contribution >= 4 is 0 Å². The number of fused-ring (bicyclic) bond motifs is 1. The highest BCUT2D eigenvalue weighted by atomic mass is 16.3. The molecule has 0 aromatic heterocycles. The second-order valence-corrected chi connectivity index (χ2v) is 4.87. The Morgan fingerprint density at radius 3 is 2.86 bits per heavy atom. The van der Waals surface area contributed by atoms with Gasteiger partial charge in [0.2, 0.25) is 0 Å². The second-order valence-electron chi connectivity index (χ2n) is 4.87. The largest absolute Gasteiger partial charge is 0.393 e. The molecule has 14 heavy (non-hydrogen) atoms. The Morgan fingerprint density at radius 1 is 1.43 bits per heavy atom. The zero-order valence-corrected chi connectivity index (χ0v) is 9.08. The molecule has 0 spiro atoms. The number of likely N-dealkylation sites (tertiary alicyclic amines) is 1. The van der Waals surface area contributed by atoms with Crippen molar-refractivity contribution in [3.05, 3.63) is 12.2 Å². The van der Waals surface area contributed by atoms with Crippen molar-refractivity contribution in [2.24, 2.45) is 11.8 Å². The third-order valence-electron chi connectivity index (χ3n) is 3.84. The van der Waals surface area contributed by atoms with Gasteiger partial charge < -0.3 is 5.11 Å². The van der Waals surface area contributed by atoms with Crippen molar-refractivity contribution in [3.8, 4) is 0 Å². The standard InChI is InChI=1S/C12H21NO/c1-3-9(2)6-13-7-10-4-5-12(14)11(10)8-13/h10-12,14H,2-8H2,1H3. The van der Waals surface area contributed by atoms with Crippen LogP contribution in [0.3, 0.4) is 0 Å². The second kappa shape index (κ2) is 4.03. The normalized spacial score (nSPS) is 37.4. The molecule has 0 aromatic rings. The summed E-state index contributed by atoms with van der Waals surface area (Å²) in [7, 11) is 0. The molecule has 1 aliphatic heterocycles. The van der Waals surface area contributed by atoms with Crippen molar-refractivity contribution in [1.82, 2.24) is 4.90 Å². The van der Waals surface area contributed by atoms with E-state index in [1.54, 1.807) is 0 Å². The van der Waals surface area contributed by atoms with E-state index in [-0.39, 0.29) is 6.10 Å². The number of aliphatic hydroxyl groups excluding tert-OH is 1. The van der Waals surface area contributed by atoms with Crippen molar-refractivity contribution in [3.63, 3.8) is 0 Å². The van der Waals surface area contributed by atoms with Gasteiger partial charge in [-0.05, 0) is 25.2 Å². The summed E-state index contributed by atoms with van der Waals surface area (Å²) in [5, 5.41) is 9.76. The highest BCUT2D eigenvalue weighted by molar-refractivity contribution is 5.01. The van der Waals surface area contributed by atoms with Gasteiger partial charge in [0.1, 0.15) is 0 Å². The van der Waals surface area contributed by atoms with Crippen LogP contribution in [-0.4, -0.2) is 35.7 Å². The van der Waals surface area contributed by atoms with Crippen LogP contribution in [0.2, 0.25) is 0 Å². The summed E-state index contributed by atoms with van der Waals surface area (Å²) in [5.41, 5.74) is 1.32. The average Bonchev–Trinajstić information content (AvgIpc) is 2.69. The van der Waals surface area contributed by atoms with Crippen LogP contribution in [0.4, 0.5) is 0 Å². The Balaban J connectivity index is 1.86. The van der Waals surface area contributed by atoms with Crippen molar-refractivity contribution in [1.29, 1.82) is 0 Å². The molecule has 2 fully saturated rings.